The minimum atomic E-state index is -0.313. The minimum absolute atomic E-state index is 0.00177. The molecule has 1 unspecified atom stereocenters. The molecule has 1 aromatic rings. The van der Waals surface area contributed by atoms with Crippen LogP contribution in [0.1, 0.15) is 25.5 Å². The number of morpholine rings is 1. The van der Waals surface area contributed by atoms with E-state index in [1.165, 1.54) is 0 Å². The Hall–Kier alpha value is -1.43. The van der Waals surface area contributed by atoms with E-state index >= 15 is 0 Å². The standard InChI is InChI=1S/C15H22N2O3/c1-10(19-3)12-5-4-6-13(9-12)17-15(18)14-11(2)20-8-7-16-14/h4-6,9-11,14,16H,7-8H2,1-3H3,(H,17,18)/t10?,11-,14+/m1/s1. The van der Waals surface area contributed by atoms with Crippen LogP contribution in [0, 0.1) is 0 Å². The molecule has 1 saturated heterocycles. The van der Waals surface area contributed by atoms with E-state index in [1.54, 1.807) is 7.11 Å². The van der Waals surface area contributed by atoms with Crippen LogP contribution in [0.4, 0.5) is 5.69 Å². The van der Waals surface area contributed by atoms with Gasteiger partial charge in [0, 0.05) is 19.3 Å². The molecule has 0 saturated carbocycles. The smallest absolute Gasteiger partial charge is 0.244 e. The minimum Gasteiger partial charge on any atom is -0.377 e. The SMILES string of the molecule is COC(C)c1cccc(NC(=O)[C@H]2NCCO[C@@H]2C)c1. The first-order chi connectivity index (χ1) is 9.61. The number of hydrogen-bond acceptors (Lipinski definition) is 4. The molecule has 5 nitrogen and oxygen atoms in total. The van der Waals surface area contributed by atoms with Crippen LogP contribution in [0.3, 0.4) is 0 Å². The zero-order chi connectivity index (χ0) is 14.5. The number of nitrogens with one attached hydrogen (secondary N) is 2. The normalized spacial score (nSPS) is 24.1. The lowest BCUT2D eigenvalue weighted by Crippen LogP contribution is -2.53. The summed E-state index contributed by atoms with van der Waals surface area (Å²) in [4.78, 5) is 12.2. The van der Waals surface area contributed by atoms with Crippen molar-refractivity contribution in [1.82, 2.24) is 5.32 Å². The Balaban J connectivity index is 2.03. The van der Waals surface area contributed by atoms with Crippen LogP contribution in [0.25, 0.3) is 0 Å². The van der Waals surface area contributed by atoms with Crippen molar-refractivity contribution in [3.63, 3.8) is 0 Å². The van der Waals surface area contributed by atoms with Gasteiger partial charge in [0.25, 0.3) is 0 Å². The van der Waals surface area contributed by atoms with Gasteiger partial charge in [-0.05, 0) is 31.5 Å². The van der Waals surface area contributed by atoms with Crippen molar-refractivity contribution < 1.29 is 14.3 Å². The van der Waals surface area contributed by atoms with Crippen LogP contribution in [0.2, 0.25) is 0 Å². The zero-order valence-corrected chi connectivity index (χ0v) is 12.2. The molecule has 2 N–H and O–H groups in total. The van der Waals surface area contributed by atoms with E-state index in [1.807, 2.05) is 38.1 Å². The van der Waals surface area contributed by atoms with Crippen LogP contribution in [0.5, 0.6) is 0 Å². The van der Waals surface area contributed by atoms with Crippen molar-refractivity contribution >= 4 is 11.6 Å². The van der Waals surface area contributed by atoms with Gasteiger partial charge < -0.3 is 20.1 Å². The molecule has 3 atom stereocenters. The average molecular weight is 278 g/mol. The molecule has 0 aromatic heterocycles. The molecule has 0 aliphatic carbocycles. The lowest BCUT2D eigenvalue weighted by molar-refractivity contribution is -0.123. The summed E-state index contributed by atoms with van der Waals surface area (Å²) in [6, 6.07) is 7.38. The van der Waals surface area contributed by atoms with E-state index < -0.39 is 0 Å². The number of carbonyl (C=O) groups excluding carboxylic acids is 1. The quantitative estimate of drug-likeness (QED) is 0.880. The summed E-state index contributed by atoms with van der Waals surface area (Å²) in [6.45, 7) is 5.22. The molecule has 20 heavy (non-hydrogen) atoms. The lowest BCUT2D eigenvalue weighted by Gasteiger charge is -2.29. The summed E-state index contributed by atoms with van der Waals surface area (Å²) in [7, 11) is 1.67. The number of carbonyl (C=O) groups is 1. The predicted octanol–water partition coefficient (Wildman–Crippen LogP) is 1.71. The maximum absolute atomic E-state index is 12.2. The molecule has 2 rings (SSSR count). The molecule has 1 aromatic carbocycles. The van der Waals surface area contributed by atoms with Gasteiger partial charge in [-0.3, -0.25) is 4.79 Å². The van der Waals surface area contributed by atoms with Crippen LogP contribution in [-0.2, 0) is 14.3 Å². The lowest BCUT2D eigenvalue weighted by atomic mass is 10.1. The molecule has 1 aliphatic rings. The van der Waals surface area contributed by atoms with E-state index in [0.29, 0.717) is 13.2 Å². The van der Waals surface area contributed by atoms with Crippen LogP contribution < -0.4 is 10.6 Å². The van der Waals surface area contributed by atoms with Crippen molar-refractivity contribution in [3.8, 4) is 0 Å². The largest absolute Gasteiger partial charge is 0.377 e. The number of rotatable bonds is 4. The molecule has 0 spiro atoms. The number of benzene rings is 1. The van der Waals surface area contributed by atoms with Crippen molar-refractivity contribution in [3.05, 3.63) is 29.8 Å². The van der Waals surface area contributed by atoms with Gasteiger partial charge in [-0.25, -0.2) is 0 Å². The number of anilines is 1. The van der Waals surface area contributed by atoms with E-state index in [4.69, 9.17) is 9.47 Å². The summed E-state index contributed by atoms with van der Waals surface area (Å²) < 4.78 is 10.8. The topological polar surface area (TPSA) is 59.6 Å². The Bertz CT molecular complexity index is 464. The Kier molecular flexibility index (Phi) is 5.11. The highest BCUT2D eigenvalue weighted by Gasteiger charge is 2.28. The van der Waals surface area contributed by atoms with Gasteiger partial charge in [0.1, 0.15) is 6.04 Å². The Morgan fingerprint density at radius 1 is 1.55 bits per heavy atom. The second kappa shape index (κ2) is 6.83. The molecule has 5 heteroatoms. The Morgan fingerprint density at radius 3 is 3.05 bits per heavy atom. The molecule has 110 valence electrons. The average Bonchev–Trinajstić information content (AvgIpc) is 2.47. The highest BCUT2D eigenvalue weighted by molar-refractivity contribution is 5.95. The second-order valence-corrected chi connectivity index (χ2v) is 5.00. The summed E-state index contributed by atoms with van der Waals surface area (Å²) in [5.41, 5.74) is 1.81. The molecule has 1 heterocycles. The first-order valence-electron chi connectivity index (χ1n) is 6.90. The van der Waals surface area contributed by atoms with E-state index in [0.717, 1.165) is 11.3 Å². The number of ether oxygens (including phenoxy) is 2. The van der Waals surface area contributed by atoms with Gasteiger partial charge in [0.2, 0.25) is 5.91 Å². The summed E-state index contributed by atoms with van der Waals surface area (Å²) in [5, 5.41) is 6.10. The fraction of sp³-hybridized carbons (Fsp3) is 0.533. The number of amides is 1. The van der Waals surface area contributed by atoms with Crippen molar-refractivity contribution in [2.24, 2.45) is 0 Å². The van der Waals surface area contributed by atoms with Gasteiger partial charge in [0.05, 0.1) is 18.8 Å². The molecule has 1 fully saturated rings. The molecule has 1 amide bonds. The highest BCUT2D eigenvalue weighted by Crippen LogP contribution is 2.20. The highest BCUT2D eigenvalue weighted by atomic mass is 16.5. The predicted molar refractivity (Wildman–Crippen MR) is 77.7 cm³/mol. The van der Waals surface area contributed by atoms with Crippen molar-refractivity contribution in [2.75, 3.05) is 25.6 Å². The third-order valence-electron chi connectivity index (χ3n) is 3.58. The van der Waals surface area contributed by atoms with Crippen LogP contribution in [0.15, 0.2) is 24.3 Å². The Labute approximate surface area is 119 Å². The molecular weight excluding hydrogens is 256 g/mol. The van der Waals surface area contributed by atoms with Crippen LogP contribution in [-0.4, -0.2) is 38.3 Å². The maximum atomic E-state index is 12.2. The summed E-state index contributed by atoms with van der Waals surface area (Å²) in [5.74, 6) is -0.0700. The van der Waals surface area contributed by atoms with E-state index in [2.05, 4.69) is 10.6 Å². The third-order valence-corrected chi connectivity index (χ3v) is 3.58. The monoisotopic (exact) mass is 278 g/mol. The first-order valence-corrected chi connectivity index (χ1v) is 6.90. The van der Waals surface area contributed by atoms with Gasteiger partial charge in [-0.1, -0.05) is 12.1 Å². The van der Waals surface area contributed by atoms with Gasteiger partial charge in [-0.2, -0.15) is 0 Å². The molecular formula is C15H22N2O3. The zero-order valence-electron chi connectivity index (χ0n) is 12.2. The molecule has 0 bridgehead atoms. The van der Waals surface area contributed by atoms with Crippen LogP contribution >= 0.6 is 0 Å². The number of methoxy groups -OCH3 is 1. The Morgan fingerprint density at radius 2 is 2.35 bits per heavy atom. The fourth-order valence-electron chi connectivity index (χ4n) is 2.25. The third kappa shape index (κ3) is 3.56. The van der Waals surface area contributed by atoms with Gasteiger partial charge >= 0.3 is 0 Å². The molecule has 0 radical (unpaired) electrons. The molecule has 1 aliphatic heterocycles. The van der Waals surface area contributed by atoms with Crippen molar-refractivity contribution in [1.29, 1.82) is 0 Å². The number of hydrogen-bond donors (Lipinski definition) is 2. The fourth-order valence-corrected chi connectivity index (χ4v) is 2.25. The first kappa shape index (κ1) is 15.0. The summed E-state index contributed by atoms with van der Waals surface area (Å²) >= 11 is 0. The summed E-state index contributed by atoms with van der Waals surface area (Å²) in [6.07, 6.45) is -0.119. The van der Waals surface area contributed by atoms with Gasteiger partial charge in [0.15, 0.2) is 0 Å². The van der Waals surface area contributed by atoms with Gasteiger partial charge in [-0.15, -0.1) is 0 Å². The maximum Gasteiger partial charge on any atom is 0.244 e. The van der Waals surface area contributed by atoms with Crippen molar-refractivity contribution in [2.45, 2.75) is 32.1 Å². The van der Waals surface area contributed by atoms with E-state index in [-0.39, 0.29) is 24.2 Å². The van der Waals surface area contributed by atoms with E-state index in [9.17, 15) is 4.79 Å². The second-order valence-electron chi connectivity index (χ2n) is 5.00.